The quantitative estimate of drug-likeness (QED) is 0.856. The summed E-state index contributed by atoms with van der Waals surface area (Å²) in [6.45, 7) is 2.99. The molecular weight excluding hydrogens is 266 g/mol. The van der Waals surface area contributed by atoms with Crippen LogP contribution < -0.4 is 4.74 Å². The van der Waals surface area contributed by atoms with Crippen LogP contribution in [0.25, 0.3) is 0 Å². The van der Waals surface area contributed by atoms with Crippen LogP contribution in [0.1, 0.15) is 22.5 Å². The molecule has 6 nitrogen and oxygen atoms in total. The molecule has 100 valence electrons. The lowest BCUT2D eigenvalue weighted by Gasteiger charge is -2.15. The minimum absolute atomic E-state index is 0.00951. The minimum Gasteiger partial charge on any atom is -0.465 e. The van der Waals surface area contributed by atoms with Crippen LogP contribution in [0.5, 0.6) is 5.19 Å². The van der Waals surface area contributed by atoms with Gasteiger partial charge in [-0.25, -0.2) is 4.98 Å². The van der Waals surface area contributed by atoms with Crippen LogP contribution in [0.2, 0.25) is 0 Å². The van der Waals surface area contributed by atoms with E-state index in [0.717, 1.165) is 6.42 Å². The van der Waals surface area contributed by atoms with Crippen LogP contribution in [-0.2, 0) is 0 Å². The fourth-order valence-corrected chi connectivity index (χ4v) is 2.65. The van der Waals surface area contributed by atoms with E-state index in [1.807, 2.05) is 5.38 Å². The summed E-state index contributed by atoms with van der Waals surface area (Å²) in [4.78, 5) is 18.1. The Morgan fingerprint density at radius 1 is 1.63 bits per heavy atom. The summed E-state index contributed by atoms with van der Waals surface area (Å²) >= 11 is 1.46. The number of carbonyl (C=O) groups is 1. The molecule has 0 radical (unpaired) electrons. The topological polar surface area (TPSA) is 68.5 Å². The molecule has 3 rings (SSSR count). The summed E-state index contributed by atoms with van der Waals surface area (Å²) in [7, 11) is 0. The molecule has 19 heavy (non-hydrogen) atoms. The Labute approximate surface area is 114 Å². The molecule has 0 saturated carbocycles. The molecule has 1 aliphatic rings. The summed E-state index contributed by atoms with van der Waals surface area (Å²) in [5, 5.41) is 6.15. The number of carbonyl (C=O) groups excluding carboxylic acids is 1. The van der Waals surface area contributed by atoms with E-state index in [4.69, 9.17) is 9.26 Å². The van der Waals surface area contributed by atoms with Gasteiger partial charge in [-0.05, 0) is 6.92 Å². The maximum atomic E-state index is 12.2. The zero-order chi connectivity index (χ0) is 13.2. The summed E-state index contributed by atoms with van der Waals surface area (Å²) in [5.41, 5.74) is 0.523. The summed E-state index contributed by atoms with van der Waals surface area (Å²) in [5.74, 6) is 0.498. The Bertz CT molecular complexity index is 567. The predicted octanol–water partition coefficient (Wildman–Crippen LogP) is 1.73. The molecule has 7 heteroatoms. The number of ether oxygens (including phenoxy) is 1. The second kappa shape index (κ2) is 5.00. The van der Waals surface area contributed by atoms with Gasteiger partial charge in [-0.3, -0.25) is 4.79 Å². The molecule has 1 amide bonds. The smallest absolute Gasteiger partial charge is 0.273 e. The Morgan fingerprint density at radius 3 is 3.21 bits per heavy atom. The van der Waals surface area contributed by atoms with E-state index in [9.17, 15) is 4.79 Å². The number of hydrogen-bond acceptors (Lipinski definition) is 6. The summed E-state index contributed by atoms with van der Waals surface area (Å²) < 4.78 is 10.6. The van der Waals surface area contributed by atoms with Crippen molar-refractivity contribution in [2.45, 2.75) is 19.4 Å². The molecular formula is C12H13N3O3S. The fourth-order valence-electron chi connectivity index (χ4n) is 2.09. The second-order valence-corrected chi connectivity index (χ2v) is 5.23. The van der Waals surface area contributed by atoms with Gasteiger partial charge in [0.15, 0.2) is 0 Å². The number of aromatic nitrogens is 2. The van der Waals surface area contributed by atoms with Crippen molar-refractivity contribution < 1.29 is 14.1 Å². The van der Waals surface area contributed by atoms with Gasteiger partial charge in [-0.15, -0.1) is 0 Å². The second-order valence-electron chi connectivity index (χ2n) is 4.37. The highest BCUT2D eigenvalue weighted by Crippen LogP contribution is 2.22. The third-order valence-corrected chi connectivity index (χ3v) is 3.75. The monoisotopic (exact) mass is 279 g/mol. The van der Waals surface area contributed by atoms with E-state index >= 15 is 0 Å². The standard InChI is InChI=1S/C12H13N3O3S/c1-8-10(6-14-18-8)11(16)15-4-2-9(7-15)17-12-13-3-5-19-12/h3,5-6,9H,2,4,7H2,1H3. The largest absolute Gasteiger partial charge is 0.465 e. The number of rotatable bonds is 3. The van der Waals surface area contributed by atoms with E-state index < -0.39 is 0 Å². The van der Waals surface area contributed by atoms with Crippen molar-refractivity contribution in [3.05, 3.63) is 29.1 Å². The first-order valence-electron chi connectivity index (χ1n) is 6.01. The van der Waals surface area contributed by atoms with Gasteiger partial charge in [-0.1, -0.05) is 16.5 Å². The van der Waals surface area contributed by atoms with E-state index in [2.05, 4.69) is 10.1 Å². The van der Waals surface area contributed by atoms with Crippen LogP contribution in [0.4, 0.5) is 0 Å². The lowest BCUT2D eigenvalue weighted by molar-refractivity contribution is 0.0770. The van der Waals surface area contributed by atoms with E-state index in [-0.39, 0.29) is 12.0 Å². The third-order valence-electron chi connectivity index (χ3n) is 3.09. The van der Waals surface area contributed by atoms with Crippen LogP contribution in [0, 0.1) is 6.92 Å². The number of thiazole rings is 1. The lowest BCUT2D eigenvalue weighted by atomic mass is 10.2. The molecule has 1 fully saturated rings. The van der Waals surface area contributed by atoms with E-state index in [1.54, 1.807) is 18.0 Å². The Morgan fingerprint density at radius 2 is 2.53 bits per heavy atom. The Hall–Kier alpha value is -1.89. The molecule has 3 heterocycles. The molecule has 1 unspecified atom stereocenters. The SMILES string of the molecule is Cc1oncc1C(=O)N1CCC(Oc2nccs2)C1. The average molecular weight is 279 g/mol. The molecule has 2 aromatic rings. The maximum absolute atomic E-state index is 12.2. The number of aryl methyl sites for hydroxylation is 1. The zero-order valence-corrected chi connectivity index (χ0v) is 11.2. The van der Waals surface area contributed by atoms with Gasteiger partial charge in [0, 0.05) is 24.5 Å². The van der Waals surface area contributed by atoms with Crippen LogP contribution in [0.3, 0.4) is 0 Å². The normalized spacial score (nSPS) is 18.8. The van der Waals surface area contributed by atoms with Crippen molar-refractivity contribution in [3.63, 3.8) is 0 Å². The highest BCUT2D eigenvalue weighted by Gasteiger charge is 2.30. The van der Waals surface area contributed by atoms with Gasteiger partial charge < -0.3 is 14.2 Å². The first kappa shape index (κ1) is 12.2. The van der Waals surface area contributed by atoms with Crippen molar-refractivity contribution in [2.75, 3.05) is 13.1 Å². The zero-order valence-electron chi connectivity index (χ0n) is 10.4. The highest BCUT2D eigenvalue weighted by atomic mass is 32.1. The van der Waals surface area contributed by atoms with Crippen LogP contribution >= 0.6 is 11.3 Å². The lowest BCUT2D eigenvalue weighted by Crippen LogP contribution is -2.31. The van der Waals surface area contributed by atoms with E-state index in [1.165, 1.54) is 17.5 Å². The molecule has 2 aromatic heterocycles. The highest BCUT2D eigenvalue weighted by molar-refractivity contribution is 7.11. The van der Waals surface area contributed by atoms with Crippen LogP contribution in [-0.4, -0.2) is 40.1 Å². The number of hydrogen-bond donors (Lipinski definition) is 0. The summed E-state index contributed by atoms with van der Waals surface area (Å²) in [6.07, 6.45) is 4.00. The number of nitrogens with zero attached hydrogens (tertiary/aromatic N) is 3. The molecule has 1 atom stereocenters. The molecule has 0 N–H and O–H groups in total. The van der Waals surface area contributed by atoms with Crippen molar-refractivity contribution >= 4 is 17.2 Å². The van der Waals surface area contributed by atoms with Gasteiger partial charge >= 0.3 is 0 Å². The Balaban J connectivity index is 1.63. The first-order valence-corrected chi connectivity index (χ1v) is 6.88. The molecule has 0 bridgehead atoms. The van der Waals surface area contributed by atoms with Crippen LogP contribution in [0.15, 0.2) is 22.3 Å². The average Bonchev–Trinajstić information content (AvgIpc) is 3.10. The first-order chi connectivity index (χ1) is 9.24. The number of likely N-dealkylation sites (tertiary alicyclic amines) is 1. The molecule has 0 spiro atoms. The molecule has 1 saturated heterocycles. The third kappa shape index (κ3) is 2.46. The van der Waals surface area contributed by atoms with Crippen molar-refractivity contribution in [1.29, 1.82) is 0 Å². The van der Waals surface area contributed by atoms with Gasteiger partial charge in [0.25, 0.3) is 11.1 Å². The maximum Gasteiger partial charge on any atom is 0.273 e. The molecule has 0 aliphatic carbocycles. The van der Waals surface area contributed by atoms with Crippen molar-refractivity contribution in [3.8, 4) is 5.19 Å². The fraction of sp³-hybridized carbons (Fsp3) is 0.417. The molecule has 0 aromatic carbocycles. The van der Waals surface area contributed by atoms with Gasteiger partial charge in [0.05, 0.1) is 12.7 Å². The van der Waals surface area contributed by atoms with Crippen molar-refractivity contribution in [1.82, 2.24) is 15.0 Å². The predicted molar refractivity (Wildman–Crippen MR) is 68.3 cm³/mol. The number of amides is 1. The van der Waals surface area contributed by atoms with Gasteiger partial charge in [0.1, 0.15) is 17.4 Å². The minimum atomic E-state index is -0.0519. The van der Waals surface area contributed by atoms with Gasteiger partial charge in [0.2, 0.25) is 0 Å². The Kier molecular flexibility index (Phi) is 3.20. The van der Waals surface area contributed by atoms with Crippen molar-refractivity contribution in [2.24, 2.45) is 0 Å². The van der Waals surface area contributed by atoms with E-state index in [0.29, 0.717) is 29.6 Å². The van der Waals surface area contributed by atoms with Gasteiger partial charge in [-0.2, -0.15) is 0 Å². The molecule has 1 aliphatic heterocycles. The summed E-state index contributed by atoms with van der Waals surface area (Å²) in [6, 6.07) is 0.